The Bertz CT molecular complexity index is 634. The van der Waals surface area contributed by atoms with E-state index in [9.17, 15) is 9.90 Å². The first-order chi connectivity index (χ1) is 10.5. The maximum atomic E-state index is 12.2. The first kappa shape index (κ1) is 16.2. The van der Waals surface area contributed by atoms with Gasteiger partial charge in [-0.25, -0.2) is 4.68 Å². The number of hydrogen-bond acceptors (Lipinski definition) is 3. The summed E-state index contributed by atoms with van der Waals surface area (Å²) < 4.78 is 1.70. The summed E-state index contributed by atoms with van der Waals surface area (Å²) in [4.78, 5) is 12.2. The quantitative estimate of drug-likeness (QED) is 0.860. The monoisotopic (exact) mass is 301 g/mol. The fraction of sp³-hybridized carbons (Fsp3) is 0.412. The fourth-order valence-corrected chi connectivity index (χ4v) is 2.41. The zero-order valence-electron chi connectivity index (χ0n) is 13.3. The van der Waals surface area contributed by atoms with Crippen LogP contribution in [0.5, 0.6) is 0 Å². The minimum absolute atomic E-state index is 0.0597. The van der Waals surface area contributed by atoms with Crippen LogP contribution in [0.15, 0.2) is 36.7 Å². The molecule has 0 saturated carbocycles. The number of nitrogens with zero attached hydrogens (tertiary/aromatic N) is 2. The van der Waals surface area contributed by atoms with Crippen molar-refractivity contribution < 1.29 is 9.90 Å². The first-order valence-electron chi connectivity index (χ1n) is 7.53. The lowest BCUT2D eigenvalue weighted by atomic mass is 10.0. The van der Waals surface area contributed by atoms with E-state index < -0.39 is 0 Å². The number of benzene rings is 1. The van der Waals surface area contributed by atoms with Gasteiger partial charge < -0.3 is 10.4 Å². The molecule has 2 rings (SSSR count). The van der Waals surface area contributed by atoms with Gasteiger partial charge in [-0.05, 0) is 30.9 Å². The molecule has 5 heteroatoms. The maximum absolute atomic E-state index is 12.2. The number of carbonyl (C=O) groups is 1. The third-order valence-electron chi connectivity index (χ3n) is 3.52. The largest absolute Gasteiger partial charge is 0.394 e. The summed E-state index contributed by atoms with van der Waals surface area (Å²) in [6.45, 7) is 6.06. The van der Waals surface area contributed by atoms with Gasteiger partial charge in [0, 0.05) is 6.20 Å². The summed E-state index contributed by atoms with van der Waals surface area (Å²) in [5, 5.41) is 16.5. The predicted molar refractivity (Wildman–Crippen MR) is 86.1 cm³/mol. The van der Waals surface area contributed by atoms with Crippen LogP contribution >= 0.6 is 0 Å². The number of para-hydroxylation sites is 1. The van der Waals surface area contributed by atoms with Crippen molar-refractivity contribution in [1.82, 2.24) is 15.1 Å². The second kappa shape index (κ2) is 7.22. The van der Waals surface area contributed by atoms with Crippen molar-refractivity contribution in [3.05, 3.63) is 47.8 Å². The molecule has 1 aromatic carbocycles. The number of aryl methyl sites for hydroxylation is 1. The zero-order chi connectivity index (χ0) is 16.1. The van der Waals surface area contributed by atoms with E-state index in [-0.39, 0.29) is 18.6 Å². The van der Waals surface area contributed by atoms with E-state index >= 15 is 0 Å². The van der Waals surface area contributed by atoms with Crippen LogP contribution in [0, 0.1) is 12.8 Å². The number of aliphatic hydroxyl groups is 1. The van der Waals surface area contributed by atoms with Gasteiger partial charge in [0.2, 0.25) is 0 Å². The van der Waals surface area contributed by atoms with E-state index in [0.29, 0.717) is 11.5 Å². The van der Waals surface area contributed by atoms with Crippen molar-refractivity contribution in [2.24, 2.45) is 5.92 Å². The summed E-state index contributed by atoms with van der Waals surface area (Å²) >= 11 is 0. The Hall–Kier alpha value is -2.14. The van der Waals surface area contributed by atoms with Crippen LogP contribution in [0.25, 0.3) is 5.69 Å². The summed E-state index contributed by atoms with van der Waals surface area (Å²) in [5.41, 5.74) is 2.53. The number of aromatic nitrogens is 2. The highest BCUT2D eigenvalue weighted by Crippen LogP contribution is 2.13. The highest BCUT2D eigenvalue weighted by atomic mass is 16.3. The number of aliphatic hydroxyl groups excluding tert-OH is 1. The highest BCUT2D eigenvalue weighted by molar-refractivity contribution is 5.94. The van der Waals surface area contributed by atoms with Gasteiger partial charge >= 0.3 is 0 Å². The number of hydrogen-bond donors (Lipinski definition) is 2. The molecule has 2 N–H and O–H groups in total. The summed E-state index contributed by atoms with van der Waals surface area (Å²) in [5.74, 6) is 0.201. The summed E-state index contributed by atoms with van der Waals surface area (Å²) in [6.07, 6.45) is 4.00. The van der Waals surface area contributed by atoms with Crippen LogP contribution in [0.3, 0.4) is 0 Å². The molecule has 1 heterocycles. The molecule has 2 aromatic rings. The smallest absolute Gasteiger partial charge is 0.254 e. The second-order valence-electron chi connectivity index (χ2n) is 5.94. The molecule has 0 radical (unpaired) electrons. The third-order valence-corrected chi connectivity index (χ3v) is 3.52. The lowest BCUT2D eigenvalue weighted by Crippen LogP contribution is -2.38. The molecular weight excluding hydrogens is 278 g/mol. The van der Waals surface area contributed by atoms with Gasteiger partial charge in [0.15, 0.2) is 0 Å². The lowest BCUT2D eigenvalue weighted by molar-refractivity contribution is 0.0908. The SMILES string of the molecule is Cc1ccccc1-n1cc(C(=O)NC(CO)CC(C)C)cn1. The molecule has 0 aliphatic rings. The van der Waals surface area contributed by atoms with E-state index in [1.54, 1.807) is 17.1 Å². The molecule has 0 aliphatic carbocycles. The summed E-state index contributed by atoms with van der Waals surface area (Å²) in [7, 11) is 0. The van der Waals surface area contributed by atoms with Crippen molar-refractivity contribution in [2.45, 2.75) is 33.2 Å². The van der Waals surface area contributed by atoms with Crippen LogP contribution in [-0.2, 0) is 0 Å². The number of nitrogens with one attached hydrogen (secondary N) is 1. The Kier molecular flexibility index (Phi) is 5.33. The molecule has 0 saturated heterocycles. The van der Waals surface area contributed by atoms with Gasteiger partial charge in [-0.1, -0.05) is 32.0 Å². The standard InChI is InChI=1S/C17H23N3O2/c1-12(2)8-15(11-21)19-17(22)14-9-18-20(10-14)16-7-5-4-6-13(16)3/h4-7,9-10,12,15,21H,8,11H2,1-3H3,(H,19,22). The fourth-order valence-electron chi connectivity index (χ4n) is 2.41. The Morgan fingerprint density at radius 1 is 1.36 bits per heavy atom. The molecule has 22 heavy (non-hydrogen) atoms. The topological polar surface area (TPSA) is 67.2 Å². The number of amides is 1. The van der Waals surface area contributed by atoms with Crippen molar-refractivity contribution in [3.8, 4) is 5.69 Å². The normalized spacial score (nSPS) is 12.4. The van der Waals surface area contributed by atoms with Crippen LogP contribution in [0.4, 0.5) is 0 Å². The van der Waals surface area contributed by atoms with Crippen LogP contribution in [0.2, 0.25) is 0 Å². The molecule has 0 spiro atoms. The van der Waals surface area contributed by atoms with E-state index in [0.717, 1.165) is 17.7 Å². The van der Waals surface area contributed by atoms with E-state index in [1.807, 2.05) is 31.2 Å². The molecule has 118 valence electrons. The predicted octanol–water partition coefficient (Wildman–Crippen LogP) is 2.32. The molecule has 0 aliphatic heterocycles. The first-order valence-corrected chi connectivity index (χ1v) is 7.53. The Balaban J connectivity index is 2.11. The molecule has 1 unspecified atom stereocenters. The lowest BCUT2D eigenvalue weighted by Gasteiger charge is -2.17. The molecule has 0 bridgehead atoms. The average Bonchev–Trinajstić information content (AvgIpc) is 2.96. The Morgan fingerprint density at radius 3 is 2.73 bits per heavy atom. The van der Waals surface area contributed by atoms with Crippen LogP contribution in [-0.4, -0.2) is 33.4 Å². The average molecular weight is 301 g/mol. The molecule has 1 amide bonds. The van der Waals surface area contributed by atoms with Crippen molar-refractivity contribution in [1.29, 1.82) is 0 Å². The third kappa shape index (κ3) is 3.95. The van der Waals surface area contributed by atoms with Crippen molar-refractivity contribution in [2.75, 3.05) is 6.61 Å². The number of carbonyl (C=O) groups excluding carboxylic acids is 1. The van der Waals surface area contributed by atoms with Crippen LogP contribution in [0.1, 0.15) is 36.2 Å². The van der Waals surface area contributed by atoms with E-state index in [4.69, 9.17) is 0 Å². The molecule has 5 nitrogen and oxygen atoms in total. The van der Waals surface area contributed by atoms with E-state index in [2.05, 4.69) is 24.3 Å². The van der Waals surface area contributed by atoms with Gasteiger partial charge in [-0.15, -0.1) is 0 Å². The van der Waals surface area contributed by atoms with Gasteiger partial charge in [-0.3, -0.25) is 4.79 Å². The highest BCUT2D eigenvalue weighted by Gasteiger charge is 2.16. The maximum Gasteiger partial charge on any atom is 0.254 e. The van der Waals surface area contributed by atoms with Crippen molar-refractivity contribution in [3.63, 3.8) is 0 Å². The van der Waals surface area contributed by atoms with Crippen LogP contribution < -0.4 is 5.32 Å². The minimum Gasteiger partial charge on any atom is -0.394 e. The van der Waals surface area contributed by atoms with Gasteiger partial charge in [0.25, 0.3) is 5.91 Å². The molecule has 0 fully saturated rings. The Morgan fingerprint density at radius 2 is 2.09 bits per heavy atom. The van der Waals surface area contributed by atoms with Crippen molar-refractivity contribution >= 4 is 5.91 Å². The molecular formula is C17H23N3O2. The van der Waals surface area contributed by atoms with Gasteiger partial charge in [0.1, 0.15) is 0 Å². The zero-order valence-corrected chi connectivity index (χ0v) is 13.3. The molecule has 1 aromatic heterocycles. The van der Waals surface area contributed by atoms with Gasteiger partial charge in [-0.2, -0.15) is 5.10 Å². The number of rotatable bonds is 6. The summed E-state index contributed by atoms with van der Waals surface area (Å²) in [6, 6.07) is 7.64. The van der Waals surface area contributed by atoms with Gasteiger partial charge in [0.05, 0.1) is 30.1 Å². The molecule has 1 atom stereocenters. The second-order valence-corrected chi connectivity index (χ2v) is 5.94. The van der Waals surface area contributed by atoms with E-state index in [1.165, 1.54) is 0 Å². The Labute approximate surface area is 131 Å². The minimum atomic E-state index is -0.227.